The van der Waals surface area contributed by atoms with Crippen LogP contribution in [0.25, 0.3) is 0 Å². The van der Waals surface area contributed by atoms with Gasteiger partial charge in [0.15, 0.2) is 0 Å². The quantitative estimate of drug-likeness (QED) is 0.401. The first kappa shape index (κ1) is 7.52. The van der Waals surface area contributed by atoms with Crippen molar-refractivity contribution < 1.29 is 4.79 Å². The van der Waals surface area contributed by atoms with Crippen LogP contribution < -0.4 is 0 Å². The van der Waals surface area contributed by atoms with E-state index in [0.29, 0.717) is 5.92 Å². The summed E-state index contributed by atoms with van der Waals surface area (Å²) in [6.07, 6.45) is 5.58. The highest BCUT2D eigenvalue weighted by Gasteiger charge is 2.20. The lowest BCUT2D eigenvalue weighted by atomic mass is 9.81. The van der Waals surface area contributed by atoms with Gasteiger partial charge in [0.1, 0.15) is 6.29 Å². The predicted molar refractivity (Wildman–Crippen MR) is 41.7 cm³/mol. The van der Waals surface area contributed by atoms with Gasteiger partial charge in [0.25, 0.3) is 0 Å². The van der Waals surface area contributed by atoms with Crippen LogP contribution in [-0.4, -0.2) is 6.29 Å². The van der Waals surface area contributed by atoms with E-state index in [9.17, 15) is 4.79 Å². The Morgan fingerprint density at radius 2 is 2.40 bits per heavy atom. The molecule has 0 aromatic heterocycles. The topological polar surface area (TPSA) is 17.1 Å². The monoisotopic (exact) mass is 138 g/mol. The summed E-state index contributed by atoms with van der Waals surface area (Å²) in [5.41, 5.74) is 1.26. The second-order valence-corrected chi connectivity index (χ2v) is 3.16. The highest BCUT2D eigenvalue weighted by molar-refractivity contribution is 5.59. The molecule has 56 valence electrons. The molecular formula is C9H14O. The summed E-state index contributed by atoms with van der Waals surface area (Å²) in [5.74, 6) is 0.760. The third-order valence-corrected chi connectivity index (χ3v) is 2.37. The summed E-state index contributed by atoms with van der Waals surface area (Å²) >= 11 is 0. The van der Waals surface area contributed by atoms with E-state index in [4.69, 9.17) is 0 Å². The molecular weight excluding hydrogens is 124 g/mol. The van der Waals surface area contributed by atoms with Gasteiger partial charge in [0, 0.05) is 5.92 Å². The fourth-order valence-corrected chi connectivity index (χ4v) is 1.58. The second kappa shape index (κ2) is 3.00. The lowest BCUT2D eigenvalue weighted by Crippen LogP contribution is -2.17. The van der Waals surface area contributed by atoms with E-state index in [2.05, 4.69) is 19.9 Å². The average molecular weight is 138 g/mol. The molecule has 0 aliphatic heterocycles. The molecule has 10 heavy (non-hydrogen) atoms. The molecule has 0 bridgehead atoms. The standard InChI is InChI=1S/C9H14O/c1-7-4-3-5-8(2)9(7)6-10/h4,6,8-9H,3,5H2,1-2H3/t8-,9+/m1/s1. The number of allylic oxidation sites excluding steroid dienone is 2. The molecule has 0 amide bonds. The highest BCUT2D eigenvalue weighted by atomic mass is 16.1. The van der Waals surface area contributed by atoms with Gasteiger partial charge in [-0.15, -0.1) is 0 Å². The Hall–Kier alpha value is -0.590. The van der Waals surface area contributed by atoms with Gasteiger partial charge in [-0.3, -0.25) is 0 Å². The molecule has 1 heteroatoms. The van der Waals surface area contributed by atoms with Crippen molar-refractivity contribution >= 4 is 6.29 Å². The third kappa shape index (κ3) is 1.28. The van der Waals surface area contributed by atoms with Crippen LogP contribution in [-0.2, 0) is 4.79 Å². The van der Waals surface area contributed by atoms with Crippen molar-refractivity contribution in [2.45, 2.75) is 26.7 Å². The SMILES string of the molecule is CC1=CCC[C@@H](C)[C@H]1C=O. The molecule has 0 saturated carbocycles. The first-order valence-electron chi connectivity index (χ1n) is 3.87. The van der Waals surface area contributed by atoms with Crippen molar-refractivity contribution in [3.05, 3.63) is 11.6 Å². The molecule has 1 aliphatic rings. The minimum absolute atomic E-state index is 0.203. The minimum Gasteiger partial charge on any atom is -0.303 e. The van der Waals surface area contributed by atoms with Crippen LogP contribution in [0.15, 0.2) is 11.6 Å². The molecule has 1 rings (SSSR count). The van der Waals surface area contributed by atoms with E-state index < -0.39 is 0 Å². The Morgan fingerprint density at radius 3 is 2.80 bits per heavy atom. The maximum Gasteiger partial charge on any atom is 0.127 e. The van der Waals surface area contributed by atoms with E-state index in [0.717, 1.165) is 12.7 Å². The largest absolute Gasteiger partial charge is 0.303 e. The molecule has 1 nitrogen and oxygen atoms in total. The van der Waals surface area contributed by atoms with E-state index in [1.807, 2.05) is 0 Å². The zero-order valence-electron chi connectivity index (χ0n) is 6.63. The Labute approximate surface area is 62.1 Å². The molecule has 0 heterocycles. The van der Waals surface area contributed by atoms with E-state index in [1.54, 1.807) is 0 Å². The van der Waals surface area contributed by atoms with E-state index in [1.165, 1.54) is 12.0 Å². The molecule has 2 atom stereocenters. The van der Waals surface area contributed by atoms with Gasteiger partial charge in [-0.25, -0.2) is 0 Å². The first-order valence-corrected chi connectivity index (χ1v) is 3.87. The predicted octanol–water partition coefficient (Wildman–Crippen LogP) is 2.18. The zero-order valence-corrected chi connectivity index (χ0v) is 6.63. The van der Waals surface area contributed by atoms with Crippen LogP contribution in [0.2, 0.25) is 0 Å². The molecule has 0 unspecified atom stereocenters. The van der Waals surface area contributed by atoms with E-state index in [-0.39, 0.29) is 5.92 Å². The maximum absolute atomic E-state index is 10.5. The lowest BCUT2D eigenvalue weighted by Gasteiger charge is -2.23. The second-order valence-electron chi connectivity index (χ2n) is 3.16. The summed E-state index contributed by atoms with van der Waals surface area (Å²) in [4.78, 5) is 10.5. The van der Waals surface area contributed by atoms with E-state index >= 15 is 0 Å². The molecule has 0 spiro atoms. The Kier molecular flexibility index (Phi) is 2.25. The number of hydrogen-bond donors (Lipinski definition) is 0. The zero-order chi connectivity index (χ0) is 7.56. The smallest absolute Gasteiger partial charge is 0.127 e. The molecule has 0 saturated heterocycles. The molecule has 0 aromatic rings. The van der Waals surface area contributed by atoms with Crippen LogP contribution in [0.3, 0.4) is 0 Å². The van der Waals surface area contributed by atoms with Crippen LogP contribution in [0, 0.1) is 11.8 Å². The van der Waals surface area contributed by atoms with Crippen LogP contribution in [0.5, 0.6) is 0 Å². The van der Waals surface area contributed by atoms with Crippen LogP contribution in [0.4, 0.5) is 0 Å². The van der Waals surface area contributed by atoms with Gasteiger partial charge in [0.05, 0.1) is 0 Å². The summed E-state index contributed by atoms with van der Waals surface area (Å²) in [6, 6.07) is 0. The molecule has 0 N–H and O–H groups in total. The van der Waals surface area contributed by atoms with Crippen molar-refractivity contribution in [3.63, 3.8) is 0 Å². The maximum atomic E-state index is 10.5. The van der Waals surface area contributed by atoms with Gasteiger partial charge in [0.2, 0.25) is 0 Å². The molecule has 1 aliphatic carbocycles. The number of carbonyl (C=O) groups excluding carboxylic acids is 1. The van der Waals surface area contributed by atoms with Gasteiger partial charge >= 0.3 is 0 Å². The Balaban J connectivity index is 2.72. The number of carbonyl (C=O) groups is 1. The lowest BCUT2D eigenvalue weighted by molar-refractivity contribution is -0.111. The Bertz CT molecular complexity index is 158. The first-order chi connectivity index (χ1) is 4.75. The van der Waals surface area contributed by atoms with Crippen molar-refractivity contribution in [3.8, 4) is 0 Å². The van der Waals surface area contributed by atoms with Gasteiger partial charge < -0.3 is 4.79 Å². The fourth-order valence-electron chi connectivity index (χ4n) is 1.58. The number of rotatable bonds is 1. The highest BCUT2D eigenvalue weighted by Crippen LogP contribution is 2.27. The van der Waals surface area contributed by atoms with Crippen molar-refractivity contribution in [2.24, 2.45) is 11.8 Å². The van der Waals surface area contributed by atoms with Gasteiger partial charge in [-0.05, 0) is 25.7 Å². The summed E-state index contributed by atoms with van der Waals surface area (Å²) in [6.45, 7) is 4.20. The fraction of sp³-hybridized carbons (Fsp3) is 0.667. The van der Waals surface area contributed by atoms with Crippen LogP contribution in [0.1, 0.15) is 26.7 Å². The van der Waals surface area contributed by atoms with Crippen LogP contribution >= 0.6 is 0 Å². The van der Waals surface area contributed by atoms with Crippen molar-refractivity contribution in [2.75, 3.05) is 0 Å². The molecule has 0 fully saturated rings. The summed E-state index contributed by atoms with van der Waals surface area (Å²) < 4.78 is 0. The molecule has 0 radical (unpaired) electrons. The minimum atomic E-state index is 0.203. The Morgan fingerprint density at radius 1 is 1.70 bits per heavy atom. The number of aldehydes is 1. The van der Waals surface area contributed by atoms with Gasteiger partial charge in [-0.2, -0.15) is 0 Å². The summed E-state index contributed by atoms with van der Waals surface area (Å²) in [7, 11) is 0. The third-order valence-electron chi connectivity index (χ3n) is 2.37. The van der Waals surface area contributed by atoms with Gasteiger partial charge in [-0.1, -0.05) is 18.6 Å². The number of hydrogen-bond acceptors (Lipinski definition) is 1. The molecule has 0 aromatic carbocycles. The van der Waals surface area contributed by atoms with Crippen molar-refractivity contribution in [1.82, 2.24) is 0 Å². The normalized spacial score (nSPS) is 33.2. The summed E-state index contributed by atoms with van der Waals surface area (Å²) in [5, 5.41) is 0. The average Bonchev–Trinajstić information content (AvgIpc) is 1.88. The van der Waals surface area contributed by atoms with Crippen molar-refractivity contribution in [1.29, 1.82) is 0 Å².